The van der Waals surface area contributed by atoms with Crippen LogP contribution in [0.5, 0.6) is 0 Å². The summed E-state index contributed by atoms with van der Waals surface area (Å²) in [6.07, 6.45) is 1.04. The van der Waals surface area contributed by atoms with Gasteiger partial charge >= 0.3 is 0 Å². The van der Waals surface area contributed by atoms with Crippen molar-refractivity contribution >= 4 is 27.5 Å². The van der Waals surface area contributed by atoms with Crippen molar-refractivity contribution in [2.75, 3.05) is 5.32 Å². The van der Waals surface area contributed by atoms with Gasteiger partial charge in [0.05, 0.1) is 5.56 Å². The molecule has 2 nitrogen and oxygen atoms in total. The molecule has 0 radical (unpaired) electrons. The highest BCUT2D eigenvalue weighted by atomic mass is 79.9. The van der Waals surface area contributed by atoms with E-state index >= 15 is 0 Å². The lowest BCUT2D eigenvalue weighted by molar-refractivity contribution is 0.102. The average molecular weight is 346 g/mol. The number of amides is 1. The normalized spacial score (nSPS) is 12.0. The first kappa shape index (κ1) is 15.8. The van der Waals surface area contributed by atoms with E-state index in [9.17, 15) is 4.79 Å². The summed E-state index contributed by atoms with van der Waals surface area (Å²) in [6, 6.07) is 13.8. The highest BCUT2D eigenvalue weighted by molar-refractivity contribution is 9.10. The van der Waals surface area contributed by atoms with Gasteiger partial charge in [0.2, 0.25) is 0 Å². The Kier molecular flexibility index (Phi) is 5.18. The molecule has 0 saturated carbocycles. The summed E-state index contributed by atoms with van der Waals surface area (Å²) >= 11 is 3.44. The molecule has 21 heavy (non-hydrogen) atoms. The Labute approximate surface area is 134 Å². The lowest BCUT2D eigenvalue weighted by Gasteiger charge is -2.16. The summed E-state index contributed by atoms with van der Waals surface area (Å²) in [5.74, 6) is 0.337. The van der Waals surface area contributed by atoms with E-state index in [0.29, 0.717) is 11.5 Å². The van der Waals surface area contributed by atoms with Crippen LogP contribution in [0.25, 0.3) is 0 Å². The van der Waals surface area contributed by atoms with Gasteiger partial charge in [-0.2, -0.15) is 0 Å². The molecule has 1 amide bonds. The maximum atomic E-state index is 12.5. The van der Waals surface area contributed by atoms with Gasteiger partial charge in [-0.15, -0.1) is 0 Å². The Morgan fingerprint density at radius 2 is 1.95 bits per heavy atom. The predicted molar refractivity (Wildman–Crippen MR) is 92.0 cm³/mol. The van der Waals surface area contributed by atoms with Crippen molar-refractivity contribution in [1.82, 2.24) is 0 Å². The third kappa shape index (κ3) is 3.73. The summed E-state index contributed by atoms with van der Waals surface area (Å²) in [5, 5.41) is 3.04. The van der Waals surface area contributed by atoms with E-state index in [1.54, 1.807) is 0 Å². The minimum atomic E-state index is -0.0821. The minimum absolute atomic E-state index is 0.0821. The van der Waals surface area contributed by atoms with Gasteiger partial charge in [-0.25, -0.2) is 0 Å². The van der Waals surface area contributed by atoms with Crippen molar-refractivity contribution < 1.29 is 4.79 Å². The molecule has 0 heterocycles. The lowest BCUT2D eigenvalue weighted by atomic mass is 9.96. The zero-order valence-electron chi connectivity index (χ0n) is 12.6. The van der Waals surface area contributed by atoms with E-state index in [4.69, 9.17) is 0 Å². The SMILES string of the molecule is CCC(C)c1ccccc1NC(=O)c1cc(C)ccc1Br. The molecule has 2 rings (SSSR count). The number of carbonyl (C=O) groups excluding carboxylic acids is 1. The number of halogens is 1. The van der Waals surface area contributed by atoms with Crippen LogP contribution in [-0.2, 0) is 0 Å². The second-order valence-electron chi connectivity index (χ2n) is 5.33. The number of nitrogens with one attached hydrogen (secondary N) is 1. The van der Waals surface area contributed by atoms with Crippen molar-refractivity contribution in [2.45, 2.75) is 33.1 Å². The van der Waals surface area contributed by atoms with E-state index in [-0.39, 0.29) is 5.91 Å². The lowest BCUT2D eigenvalue weighted by Crippen LogP contribution is -2.14. The van der Waals surface area contributed by atoms with Crippen molar-refractivity contribution in [3.05, 3.63) is 63.6 Å². The first-order valence-electron chi connectivity index (χ1n) is 7.19. The minimum Gasteiger partial charge on any atom is -0.322 e. The molecule has 0 aliphatic heterocycles. The number of para-hydroxylation sites is 1. The van der Waals surface area contributed by atoms with Gasteiger partial charge in [-0.05, 0) is 59.0 Å². The second kappa shape index (κ2) is 6.90. The van der Waals surface area contributed by atoms with Gasteiger partial charge in [-0.1, -0.05) is 43.7 Å². The molecule has 2 aromatic rings. The highest BCUT2D eigenvalue weighted by Crippen LogP contribution is 2.27. The third-order valence-corrected chi connectivity index (χ3v) is 4.41. The van der Waals surface area contributed by atoms with Crippen LogP contribution in [0.15, 0.2) is 46.9 Å². The molecule has 0 spiro atoms. The van der Waals surface area contributed by atoms with E-state index in [1.807, 2.05) is 43.3 Å². The first-order valence-corrected chi connectivity index (χ1v) is 7.98. The Morgan fingerprint density at radius 1 is 1.24 bits per heavy atom. The quantitative estimate of drug-likeness (QED) is 0.776. The zero-order chi connectivity index (χ0) is 15.4. The number of hydrogen-bond acceptors (Lipinski definition) is 1. The molecular weight excluding hydrogens is 326 g/mol. The smallest absolute Gasteiger partial charge is 0.256 e. The van der Waals surface area contributed by atoms with Crippen molar-refractivity contribution in [3.8, 4) is 0 Å². The molecule has 110 valence electrons. The van der Waals surface area contributed by atoms with Crippen molar-refractivity contribution in [1.29, 1.82) is 0 Å². The molecule has 0 aliphatic carbocycles. The summed E-state index contributed by atoms with van der Waals surface area (Å²) in [7, 11) is 0. The summed E-state index contributed by atoms with van der Waals surface area (Å²) < 4.78 is 0.812. The van der Waals surface area contributed by atoms with Gasteiger partial charge in [0, 0.05) is 10.2 Å². The summed E-state index contributed by atoms with van der Waals surface area (Å²) in [5.41, 5.74) is 3.80. The van der Waals surface area contributed by atoms with Gasteiger partial charge in [0.1, 0.15) is 0 Å². The molecule has 0 aromatic heterocycles. The Morgan fingerprint density at radius 3 is 2.67 bits per heavy atom. The number of anilines is 1. The monoisotopic (exact) mass is 345 g/mol. The fourth-order valence-electron chi connectivity index (χ4n) is 2.26. The fourth-order valence-corrected chi connectivity index (χ4v) is 2.69. The molecule has 0 fully saturated rings. The molecule has 2 aromatic carbocycles. The third-order valence-electron chi connectivity index (χ3n) is 3.72. The molecular formula is C18H20BrNO. The molecule has 1 N–H and O–H groups in total. The summed E-state index contributed by atoms with van der Waals surface area (Å²) in [4.78, 5) is 12.5. The molecule has 1 atom stereocenters. The van der Waals surface area contributed by atoms with Crippen LogP contribution in [0.2, 0.25) is 0 Å². The molecule has 0 aliphatic rings. The van der Waals surface area contributed by atoms with Gasteiger partial charge in [-0.3, -0.25) is 4.79 Å². The number of hydrogen-bond donors (Lipinski definition) is 1. The van der Waals surface area contributed by atoms with E-state index in [2.05, 4.69) is 41.2 Å². The molecule has 0 bridgehead atoms. The van der Waals surface area contributed by atoms with Crippen LogP contribution < -0.4 is 5.32 Å². The van der Waals surface area contributed by atoms with Crippen LogP contribution >= 0.6 is 15.9 Å². The van der Waals surface area contributed by atoms with E-state index in [1.165, 1.54) is 5.56 Å². The van der Waals surface area contributed by atoms with Crippen LogP contribution in [0.4, 0.5) is 5.69 Å². The number of aryl methyl sites for hydroxylation is 1. The van der Waals surface area contributed by atoms with Gasteiger partial charge in [0.25, 0.3) is 5.91 Å². The topological polar surface area (TPSA) is 29.1 Å². The standard InChI is InChI=1S/C18H20BrNO/c1-4-13(3)14-7-5-6-8-17(14)20-18(21)15-11-12(2)9-10-16(15)19/h5-11,13H,4H2,1-3H3,(H,20,21). The van der Waals surface area contributed by atoms with Crippen LogP contribution in [0, 0.1) is 6.92 Å². The van der Waals surface area contributed by atoms with Crippen LogP contribution in [-0.4, -0.2) is 5.91 Å². The van der Waals surface area contributed by atoms with Crippen LogP contribution in [0.3, 0.4) is 0 Å². The zero-order valence-corrected chi connectivity index (χ0v) is 14.2. The van der Waals surface area contributed by atoms with E-state index < -0.39 is 0 Å². The number of benzene rings is 2. The first-order chi connectivity index (χ1) is 10.0. The molecule has 1 unspecified atom stereocenters. The average Bonchev–Trinajstić information content (AvgIpc) is 2.49. The van der Waals surface area contributed by atoms with Gasteiger partial charge in [0.15, 0.2) is 0 Å². The number of carbonyl (C=O) groups is 1. The van der Waals surface area contributed by atoms with Crippen molar-refractivity contribution in [3.63, 3.8) is 0 Å². The predicted octanol–water partition coefficient (Wildman–Crippen LogP) is 5.52. The highest BCUT2D eigenvalue weighted by Gasteiger charge is 2.14. The fraction of sp³-hybridized carbons (Fsp3) is 0.278. The van der Waals surface area contributed by atoms with Crippen molar-refractivity contribution in [2.24, 2.45) is 0 Å². The molecule has 3 heteroatoms. The second-order valence-corrected chi connectivity index (χ2v) is 6.19. The summed E-state index contributed by atoms with van der Waals surface area (Å²) in [6.45, 7) is 6.31. The Balaban J connectivity index is 2.30. The van der Waals surface area contributed by atoms with Gasteiger partial charge < -0.3 is 5.32 Å². The largest absolute Gasteiger partial charge is 0.322 e. The van der Waals surface area contributed by atoms with E-state index in [0.717, 1.165) is 22.1 Å². The molecule has 0 saturated heterocycles. The Hall–Kier alpha value is -1.61. The number of rotatable bonds is 4. The Bertz CT molecular complexity index is 651. The maximum absolute atomic E-state index is 12.5. The maximum Gasteiger partial charge on any atom is 0.256 e. The van der Waals surface area contributed by atoms with Crippen LogP contribution in [0.1, 0.15) is 47.7 Å².